The van der Waals surface area contributed by atoms with E-state index < -0.39 is 0 Å². The van der Waals surface area contributed by atoms with Crippen LogP contribution in [0.25, 0.3) is 38.6 Å². The highest BCUT2D eigenvalue weighted by Crippen LogP contribution is 2.37. The van der Waals surface area contributed by atoms with Crippen LogP contribution in [0.5, 0.6) is 0 Å². The van der Waals surface area contributed by atoms with Gasteiger partial charge in [0.05, 0.1) is 11.0 Å². The third kappa shape index (κ3) is 3.30. The van der Waals surface area contributed by atoms with Gasteiger partial charge in [0.1, 0.15) is 0 Å². The van der Waals surface area contributed by atoms with Gasteiger partial charge < -0.3 is 4.57 Å². The SMILES string of the molecule is c1ccc(Sc2ccccc2-c2ccc(-n3c4ccccc4c4ccccc43)cc2)cc1. The van der Waals surface area contributed by atoms with Gasteiger partial charge in [-0.05, 0) is 53.6 Å². The summed E-state index contributed by atoms with van der Waals surface area (Å²) in [6.45, 7) is 0. The van der Waals surface area contributed by atoms with Gasteiger partial charge in [-0.3, -0.25) is 0 Å². The van der Waals surface area contributed by atoms with E-state index in [1.807, 2.05) is 11.8 Å². The molecule has 152 valence electrons. The molecule has 1 nitrogen and oxygen atoms in total. The fourth-order valence-electron chi connectivity index (χ4n) is 4.40. The van der Waals surface area contributed by atoms with Crippen LogP contribution < -0.4 is 0 Å². The van der Waals surface area contributed by atoms with E-state index in [1.54, 1.807) is 0 Å². The van der Waals surface area contributed by atoms with Crippen LogP contribution in [-0.2, 0) is 0 Å². The average molecular weight is 428 g/mol. The van der Waals surface area contributed by atoms with Crippen LogP contribution in [0.4, 0.5) is 0 Å². The fraction of sp³-hybridized carbons (Fsp3) is 0. The van der Waals surface area contributed by atoms with Crippen LogP contribution in [0, 0.1) is 0 Å². The first kappa shape index (κ1) is 19.0. The Morgan fingerprint density at radius 1 is 0.469 bits per heavy atom. The van der Waals surface area contributed by atoms with Crippen molar-refractivity contribution in [2.24, 2.45) is 0 Å². The smallest absolute Gasteiger partial charge is 0.0541 e. The molecule has 0 unspecified atom stereocenters. The lowest BCUT2D eigenvalue weighted by atomic mass is 10.1. The minimum absolute atomic E-state index is 1.18. The fourth-order valence-corrected chi connectivity index (χ4v) is 5.39. The predicted octanol–water partition coefficient (Wildman–Crippen LogP) is 8.60. The molecule has 32 heavy (non-hydrogen) atoms. The largest absolute Gasteiger partial charge is 0.309 e. The Morgan fingerprint density at radius 2 is 1.03 bits per heavy atom. The van der Waals surface area contributed by atoms with Crippen molar-refractivity contribution in [2.45, 2.75) is 9.79 Å². The second-order valence-electron chi connectivity index (χ2n) is 7.83. The second-order valence-corrected chi connectivity index (χ2v) is 8.94. The Bertz CT molecular complexity index is 1480. The van der Waals surface area contributed by atoms with E-state index in [0.29, 0.717) is 0 Å². The maximum atomic E-state index is 2.36. The summed E-state index contributed by atoms with van der Waals surface area (Å²) in [4.78, 5) is 2.52. The number of aromatic nitrogens is 1. The highest BCUT2D eigenvalue weighted by molar-refractivity contribution is 7.99. The van der Waals surface area contributed by atoms with Gasteiger partial charge in [0, 0.05) is 26.3 Å². The van der Waals surface area contributed by atoms with Gasteiger partial charge in [-0.2, -0.15) is 0 Å². The molecule has 0 bridgehead atoms. The highest BCUT2D eigenvalue weighted by atomic mass is 32.2. The second kappa shape index (κ2) is 8.07. The van der Waals surface area contributed by atoms with Crippen molar-refractivity contribution in [1.29, 1.82) is 0 Å². The van der Waals surface area contributed by atoms with Crippen molar-refractivity contribution >= 4 is 33.6 Å². The molecule has 1 aromatic heterocycles. The molecule has 0 aliphatic carbocycles. The van der Waals surface area contributed by atoms with Crippen LogP contribution in [0.3, 0.4) is 0 Å². The predicted molar refractivity (Wildman–Crippen MR) is 137 cm³/mol. The van der Waals surface area contributed by atoms with Gasteiger partial charge in [-0.15, -0.1) is 0 Å². The Morgan fingerprint density at radius 3 is 1.72 bits per heavy atom. The maximum Gasteiger partial charge on any atom is 0.0541 e. The third-order valence-corrected chi connectivity index (χ3v) is 6.96. The zero-order valence-electron chi connectivity index (χ0n) is 17.5. The van der Waals surface area contributed by atoms with Crippen molar-refractivity contribution in [2.75, 3.05) is 0 Å². The summed E-state index contributed by atoms with van der Waals surface area (Å²) in [5.41, 5.74) is 6.14. The minimum atomic E-state index is 1.18. The summed E-state index contributed by atoms with van der Waals surface area (Å²) in [5, 5.41) is 2.58. The lowest BCUT2D eigenvalue weighted by Gasteiger charge is -2.12. The number of hydrogen-bond acceptors (Lipinski definition) is 1. The topological polar surface area (TPSA) is 4.93 Å². The van der Waals surface area contributed by atoms with E-state index in [2.05, 4.69) is 132 Å². The minimum Gasteiger partial charge on any atom is -0.309 e. The van der Waals surface area contributed by atoms with Crippen LogP contribution >= 0.6 is 11.8 Å². The first-order valence-electron chi connectivity index (χ1n) is 10.8. The van der Waals surface area contributed by atoms with Crippen molar-refractivity contribution in [3.05, 3.63) is 127 Å². The van der Waals surface area contributed by atoms with E-state index in [-0.39, 0.29) is 0 Å². The van der Waals surface area contributed by atoms with Crippen molar-refractivity contribution < 1.29 is 0 Å². The monoisotopic (exact) mass is 427 g/mol. The molecular weight excluding hydrogens is 406 g/mol. The maximum absolute atomic E-state index is 2.36. The quantitative estimate of drug-likeness (QED) is 0.273. The van der Waals surface area contributed by atoms with Crippen molar-refractivity contribution in [1.82, 2.24) is 4.57 Å². The zero-order chi connectivity index (χ0) is 21.3. The van der Waals surface area contributed by atoms with Gasteiger partial charge >= 0.3 is 0 Å². The van der Waals surface area contributed by atoms with Crippen LogP contribution in [-0.4, -0.2) is 4.57 Å². The highest BCUT2D eigenvalue weighted by Gasteiger charge is 2.12. The molecule has 5 aromatic carbocycles. The Balaban J connectivity index is 1.44. The molecule has 2 heteroatoms. The molecule has 0 saturated heterocycles. The Labute approximate surface area is 192 Å². The molecule has 0 radical (unpaired) electrons. The molecule has 6 rings (SSSR count). The van der Waals surface area contributed by atoms with Gasteiger partial charge in [0.15, 0.2) is 0 Å². The summed E-state index contributed by atoms with van der Waals surface area (Å²) in [6, 6.07) is 45.4. The number of hydrogen-bond donors (Lipinski definition) is 0. The summed E-state index contributed by atoms with van der Waals surface area (Å²) in [6.07, 6.45) is 0. The zero-order valence-corrected chi connectivity index (χ0v) is 18.3. The first-order valence-corrected chi connectivity index (χ1v) is 11.6. The summed E-state index contributed by atoms with van der Waals surface area (Å²) in [5.74, 6) is 0. The van der Waals surface area contributed by atoms with E-state index in [1.165, 1.54) is 48.4 Å². The lowest BCUT2D eigenvalue weighted by molar-refractivity contribution is 1.18. The molecule has 0 N–H and O–H groups in total. The summed E-state index contributed by atoms with van der Waals surface area (Å²) >= 11 is 1.81. The number of fused-ring (bicyclic) bond motifs is 3. The first-order chi connectivity index (χ1) is 15.9. The number of para-hydroxylation sites is 2. The summed E-state index contributed by atoms with van der Waals surface area (Å²) in [7, 11) is 0. The third-order valence-electron chi connectivity index (χ3n) is 5.87. The van der Waals surface area contributed by atoms with Crippen molar-refractivity contribution in [3.8, 4) is 16.8 Å². The van der Waals surface area contributed by atoms with E-state index in [4.69, 9.17) is 0 Å². The average Bonchev–Trinajstić information content (AvgIpc) is 3.20. The molecule has 6 aromatic rings. The van der Waals surface area contributed by atoms with E-state index in [9.17, 15) is 0 Å². The molecule has 0 amide bonds. The van der Waals surface area contributed by atoms with Crippen LogP contribution in [0.2, 0.25) is 0 Å². The van der Waals surface area contributed by atoms with Gasteiger partial charge in [0.2, 0.25) is 0 Å². The van der Waals surface area contributed by atoms with E-state index >= 15 is 0 Å². The molecule has 0 fully saturated rings. The van der Waals surface area contributed by atoms with Crippen LogP contribution in [0.1, 0.15) is 0 Å². The summed E-state index contributed by atoms with van der Waals surface area (Å²) < 4.78 is 2.36. The standard InChI is InChI=1S/C30H21NS/c1-2-10-24(11-3-1)32-30-17-9-6-12-25(30)22-18-20-23(21-19-22)31-28-15-7-4-13-26(28)27-14-5-8-16-29(27)31/h1-21H. The van der Waals surface area contributed by atoms with Gasteiger partial charge in [-0.25, -0.2) is 0 Å². The van der Waals surface area contributed by atoms with Crippen molar-refractivity contribution in [3.63, 3.8) is 0 Å². The van der Waals surface area contributed by atoms with E-state index in [0.717, 1.165) is 0 Å². The molecule has 0 aliphatic heterocycles. The molecule has 0 spiro atoms. The number of nitrogens with zero attached hydrogens (tertiary/aromatic N) is 1. The molecule has 1 heterocycles. The molecule has 0 saturated carbocycles. The van der Waals surface area contributed by atoms with Gasteiger partial charge in [0.25, 0.3) is 0 Å². The van der Waals surface area contributed by atoms with Gasteiger partial charge in [-0.1, -0.05) is 96.7 Å². The number of rotatable bonds is 4. The van der Waals surface area contributed by atoms with Crippen LogP contribution in [0.15, 0.2) is 137 Å². The Kier molecular flexibility index (Phi) is 4.78. The lowest BCUT2D eigenvalue weighted by Crippen LogP contribution is -1.93. The normalized spacial score (nSPS) is 11.2. The molecular formula is C30H21NS. The Hall–Kier alpha value is -3.75. The number of benzene rings is 5. The molecule has 0 aliphatic rings. The molecule has 0 atom stereocenters.